The third kappa shape index (κ3) is 7.36. The molecule has 1 aromatic carbocycles. The van der Waals surface area contributed by atoms with Crippen molar-refractivity contribution in [2.24, 2.45) is 0 Å². The van der Waals surface area contributed by atoms with Gasteiger partial charge < -0.3 is 30.2 Å². The maximum absolute atomic E-state index is 12.1. The first kappa shape index (κ1) is 23.8. The van der Waals surface area contributed by atoms with Gasteiger partial charge in [0.2, 0.25) is 17.5 Å². The zero-order chi connectivity index (χ0) is 23.0. The minimum Gasteiger partial charge on any atom is -0.493 e. The van der Waals surface area contributed by atoms with Gasteiger partial charge in [0, 0.05) is 24.3 Å². The molecule has 1 heterocycles. The zero-order valence-electron chi connectivity index (χ0n) is 18.7. The van der Waals surface area contributed by atoms with Crippen molar-refractivity contribution >= 4 is 11.9 Å². The summed E-state index contributed by atoms with van der Waals surface area (Å²) < 4.78 is 16.4. The van der Waals surface area contributed by atoms with Crippen molar-refractivity contribution in [3.05, 3.63) is 42.1 Å². The van der Waals surface area contributed by atoms with Crippen LogP contribution in [0.1, 0.15) is 33.3 Å². The van der Waals surface area contributed by atoms with Gasteiger partial charge >= 0.3 is 6.03 Å². The second-order valence-electron chi connectivity index (χ2n) is 7.89. The largest absolute Gasteiger partial charge is 0.493 e. The highest BCUT2D eigenvalue weighted by molar-refractivity contribution is 5.87. The molecule has 168 valence electrons. The molecule has 0 saturated heterocycles. The fraction of sp³-hybridized carbons (Fsp3) is 0.409. The molecule has 0 radical (unpaired) electrons. The fourth-order valence-corrected chi connectivity index (χ4v) is 2.57. The quantitative estimate of drug-likeness (QED) is 0.594. The van der Waals surface area contributed by atoms with Gasteiger partial charge in [0.1, 0.15) is 6.04 Å². The second-order valence-corrected chi connectivity index (χ2v) is 7.89. The topological polar surface area (TPSA) is 111 Å². The van der Waals surface area contributed by atoms with Gasteiger partial charge in [-0.3, -0.25) is 4.79 Å². The van der Waals surface area contributed by atoms with E-state index in [-0.39, 0.29) is 18.0 Å². The van der Waals surface area contributed by atoms with Crippen LogP contribution in [-0.4, -0.2) is 42.7 Å². The molecule has 0 saturated carbocycles. The number of benzene rings is 1. The number of rotatable bonds is 8. The number of carbonyl (C=O) groups is 2. The van der Waals surface area contributed by atoms with Crippen LogP contribution in [0.4, 0.5) is 4.79 Å². The summed E-state index contributed by atoms with van der Waals surface area (Å²) in [4.78, 5) is 28.4. The summed E-state index contributed by atoms with van der Waals surface area (Å²) in [5.74, 6) is 1.56. The third-order valence-corrected chi connectivity index (χ3v) is 4.08. The Labute approximate surface area is 182 Å². The molecule has 0 unspecified atom stereocenters. The van der Waals surface area contributed by atoms with Gasteiger partial charge in [0.15, 0.2) is 11.5 Å². The SMILES string of the molecule is COc1cccc(OC)c1Oc1ccc(CNC(=O)N[C@H](C)C(=O)NC(C)(C)C)cn1. The molecule has 0 bridgehead atoms. The van der Waals surface area contributed by atoms with E-state index in [1.54, 1.807) is 57.7 Å². The average Bonchev–Trinajstić information content (AvgIpc) is 2.72. The molecule has 2 aromatic rings. The van der Waals surface area contributed by atoms with Gasteiger partial charge in [-0.1, -0.05) is 12.1 Å². The number of nitrogens with zero attached hydrogens (tertiary/aromatic N) is 1. The Bertz CT molecular complexity index is 872. The van der Waals surface area contributed by atoms with Crippen LogP contribution in [0.5, 0.6) is 23.1 Å². The third-order valence-electron chi connectivity index (χ3n) is 4.08. The molecule has 1 aromatic heterocycles. The van der Waals surface area contributed by atoms with E-state index in [0.29, 0.717) is 23.1 Å². The van der Waals surface area contributed by atoms with Crippen LogP contribution >= 0.6 is 0 Å². The van der Waals surface area contributed by atoms with Crippen LogP contribution in [0.25, 0.3) is 0 Å². The summed E-state index contributed by atoms with van der Waals surface area (Å²) in [7, 11) is 3.09. The molecule has 0 fully saturated rings. The highest BCUT2D eigenvalue weighted by Gasteiger charge is 2.20. The van der Waals surface area contributed by atoms with E-state index in [1.165, 1.54) is 0 Å². The maximum atomic E-state index is 12.1. The first-order chi connectivity index (χ1) is 14.6. The molecule has 0 aliphatic heterocycles. The average molecular weight is 431 g/mol. The number of aromatic nitrogens is 1. The molecule has 1 atom stereocenters. The lowest BCUT2D eigenvalue weighted by Crippen LogP contribution is -2.52. The van der Waals surface area contributed by atoms with Crippen molar-refractivity contribution in [1.82, 2.24) is 20.9 Å². The molecule has 3 N–H and O–H groups in total. The Hall–Kier alpha value is -3.49. The van der Waals surface area contributed by atoms with E-state index in [2.05, 4.69) is 20.9 Å². The van der Waals surface area contributed by atoms with Gasteiger partial charge in [-0.15, -0.1) is 0 Å². The van der Waals surface area contributed by atoms with Crippen LogP contribution in [0, 0.1) is 0 Å². The van der Waals surface area contributed by atoms with E-state index >= 15 is 0 Å². The monoisotopic (exact) mass is 430 g/mol. The number of pyridine rings is 1. The fourth-order valence-electron chi connectivity index (χ4n) is 2.57. The number of amides is 3. The van der Waals surface area contributed by atoms with Gasteiger partial charge in [-0.2, -0.15) is 0 Å². The smallest absolute Gasteiger partial charge is 0.315 e. The van der Waals surface area contributed by atoms with Crippen molar-refractivity contribution in [2.45, 2.75) is 45.8 Å². The van der Waals surface area contributed by atoms with E-state index in [0.717, 1.165) is 5.56 Å². The highest BCUT2D eigenvalue weighted by Crippen LogP contribution is 2.39. The van der Waals surface area contributed by atoms with Crippen LogP contribution in [0.2, 0.25) is 0 Å². The summed E-state index contributed by atoms with van der Waals surface area (Å²) in [6.45, 7) is 7.50. The Morgan fingerprint density at radius 3 is 2.23 bits per heavy atom. The number of nitrogens with one attached hydrogen (secondary N) is 3. The normalized spacial score (nSPS) is 11.8. The van der Waals surface area contributed by atoms with Gasteiger partial charge in [-0.25, -0.2) is 9.78 Å². The lowest BCUT2D eigenvalue weighted by atomic mass is 10.1. The maximum Gasteiger partial charge on any atom is 0.315 e. The molecule has 2 rings (SSSR count). The van der Waals surface area contributed by atoms with E-state index in [1.807, 2.05) is 20.8 Å². The van der Waals surface area contributed by atoms with Gasteiger partial charge in [0.25, 0.3) is 0 Å². The van der Waals surface area contributed by atoms with Crippen molar-refractivity contribution in [3.63, 3.8) is 0 Å². The summed E-state index contributed by atoms with van der Waals surface area (Å²) >= 11 is 0. The minimum absolute atomic E-state index is 0.241. The standard InChI is InChI=1S/C22H30N4O5/c1-14(20(27)26-22(2,3)4)25-21(28)24-13-15-10-11-18(23-12-15)31-19-16(29-5)8-7-9-17(19)30-6/h7-12,14H,13H2,1-6H3,(H,26,27)(H2,24,25,28)/t14-/m1/s1. The van der Waals surface area contributed by atoms with Gasteiger partial charge in [-0.05, 0) is 45.4 Å². The lowest BCUT2D eigenvalue weighted by molar-refractivity contribution is -0.123. The molecule has 9 heteroatoms. The Morgan fingerprint density at radius 1 is 1.06 bits per heavy atom. The second kappa shape index (κ2) is 10.5. The van der Waals surface area contributed by atoms with Crippen LogP contribution in [0.3, 0.4) is 0 Å². The summed E-state index contributed by atoms with van der Waals surface area (Å²) in [5.41, 5.74) is 0.397. The Balaban J connectivity index is 1.91. The molecule has 9 nitrogen and oxygen atoms in total. The minimum atomic E-state index is -0.663. The molecule has 3 amide bonds. The van der Waals surface area contributed by atoms with Crippen LogP contribution in [0.15, 0.2) is 36.5 Å². The van der Waals surface area contributed by atoms with Crippen molar-refractivity contribution in [3.8, 4) is 23.1 Å². The summed E-state index contributed by atoms with van der Waals surface area (Å²) in [6.07, 6.45) is 1.59. The molecule has 31 heavy (non-hydrogen) atoms. The van der Waals surface area contributed by atoms with Crippen LogP contribution < -0.4 is 30.2 Å². The van der Waals surface area contributed by atoms with E-state index in [4.69, 9.17) is 14.2 Å². The predicted octanol–water partition coefficient (Wildman–Crippen LogP) is 2.99. The number of para-hydroxylation sites is 1. The number of methoxy groups -OCH3 is 2. The molecular weight excluding hydrogens is 400 g/mol. The predicted molar refractivity (Wildman–Crippen MR) is 117 cm³/mol. The summed E-state index contributed by atoms with van der Waals surface area (Å²) in [5, 5.41) is 8.13. The number of hydrogen-bond donors (Lipinski definition) is 3. The number of ether oxygens (including phenoxy) is 3. The zero-order valence-corrected chi connectivity index (χ0v) is 18.7. The molecular formula is C22H30N4O5. The number of urea groups is 1. The van der Waals surface area contributed by atoms with Gasteiger partial charge in [0.05, 0.1) is 14.2 Å². The number of carbonyl (C=O) groups excluding carboxylic acids is 2. The number of hydrogen-bond acceptors (Lipinski definition) is 6. The van der Waals surface area contributed by atoms with Crippen molar-refractivity contribution in [2.75, 3.05) is 14.2 Å². The Kier molecular flexibility index (Phi) is 8.07. The molecule has 0 aliphatic rings. The first-order valence-corrected chi connectivity index (χ1v) is 9.83. The summed E-state index contributed by atoms with van der Waals surface area (Å²) in [6, 6.07) is 7.67. The van der Waals surface area contributed by atoms with E-state index in [9.17, 15) is 9.59 Å². The highest BCUT2D eigenvalue weighted by atomic mass is 16.5. The van der Waals surface area contributed by atoms with E-state index < -0.39 is 12.1 Å². The molecule has 0 spiro atoms. The molecule has 0 aliphatic carbocycles. The van der Waals surface area contributed by atoms with Crippen molar-refractivity contribution < 1.29 is 23.8 Å². The first-order valence-electron chi connectivity index (χ1n) is 9.83. The van der Waals surface area contributed by atoms with Crippen LogP contribution in [-0.2, 0) is 11.3 Å². The van der Waals surface area contributed by atoms with Crippen molar-refractivity contribution in [1.29, 1.82) is 0 Å². The lowest BCUT2D eigenvalue weighted by Gasteiger charge is -2.23. The Morgan fingerprint density at radius 2 is 1.71 bits per heavy atom.